The molecular formula is C9H11Br. The van der Waals surface area contributed by atoms with Crippen molar-refractivity contribution < 1.29 is 0 Å². The lowest BCUT2D eigenvalue weighted by molar-refractivity contribution is 1.15. The largest absolute Gasteiger partial charge is 0.0793 e. The second-order valence-electron chi connectivity index (χ2n) is 2.32. The van der Waals surface area contributed by atoms with Gasteiger partial charge in [0, 0.05) is 0 Å². The molecule has 0 spiro atoms. The summed E-state index contributed by atoms with van der Waals surface area (Å²) < 4.78 is 1.26. The molecule has 1 aliphatic carbocycles. The first kappa shape index (κ1) is 7.80. The first-order chi connectivity index (χ1) is 4.83. The quantitative estimate of drug-likeness (QED) is 0.605. The van der Waals surface area contributed by atoms with Crippen LogP contribution in [-0.2, 0) is 0 Å². The van der Waals surface area contributed by atoms with E-state index in [1.54, 1.807) is 0 Å². The molecule has 0 fully saturated rings. The van der Waals surface area contributed by atoms with Crippen molar-refractivity contribution in [2.24, 2.45) is 0 Å². The molecule has 1 aliphatic rings. The molecule has 0 amide bonds. The van der Waals surface area contributed by atoms with Crippen LogP contribution in [0.4, 0.5) is 0 Å². The summed E-state index contributed by atoms with van der Waals surface area (Å²) in [6.45, 7) is 2.17. The third-order valence-electron chi connectivity index (χ3n) is 1.53. The van der Waals surface area contributed by atoms with Crippen LogP contribution in [0.2, 0.25) is 0 Å². The normalized spacial score (nSPS) is 17.8. The van der Waals surface area contributed by atoms with Gasteiger partial charge in [0.2, 0.25) is 0 Å². The number of halogens is 1. The van der Waals surface area contributed by atoms with Crippen LogP contribution in [0.5, 0.6) is 0 Å². The Labute approximate surface area is 70.5 Å². The number of hydrogen-bond donors (Lipinski definition) is 0. The highest BCUT2D eigenvalue weighted by Crippen LogP contribution is 2.17. The fraction of sp³-hybridized carbons (Fsp3) is 0.333. The first-order valence-corrected chi connectivity index (χ1v) is 4.34. The van der Waals surface area contributed by atoms with E-state index in [-0.39, 0.29) is 0 Å². The molecule has 0 aliphatic heterocycles. The van der Waals surface area contributed by atoms with Crippen LogP contribution in [0.15, 0.2) is 34.4 Å². The third kappa shape index (κ3) is 2.14. The molecule has 0 radical (unpaired) electrons. The summed E-state index contributed by atoms with van der Waals surface area (Å²) in [7, 11) is 0. The second-order valence-corrected chi connectivity index (χ2v) is 3.33. The first-order valence-electron chi connectivity index (χ1n) is 3.54. The molecule has 0 atom stereocenters. The molecule has 0 saturated heterocycles. The van der Waals surface area contributed by atoms with E-state index in [0.29, 0.717) is 0 Å². The van der Waals surface area contributed by atoms with Crippen molar-refractivity contribution in [3.8, 4) is 0 Å². The summed E-state index contributed by atoms with van der Waals surface area (Å²) in [6, 6.07) is 0. The molecular weight excluding hydrogens is 188 g/mol. The van der Waals surface area contributed by atoms with Gasteiger partial charge >= 0.3 is 0 Å². The monoisotopic (exact) mass is 198 g/mol. The van der Waals surface area contributed by atoms with Crippen LogP contribution >= 0.6 is 15.9 Å². The van der Waals surface area contributed by atoms with Gasteiger partial charge in [-0.2, -0.15) is 0 Å². The van der Waals surface area contributed by atoms with E-state index in [2.05, 4.69) is 47.2 Å². The maximum Gasteiger partial charge on any atom is -0.00115 e. The van der Waals surface area contributed by atoms with E-state index in [0.717, 1.165) is 12.8 Å². The molecule has 0 saturated carbocycles. The molecule has 0 aromatic heterocycles. The standard InChI is InChI=1S/C9H11Br/c1-2-8-4-3-5-9(10)7-6-8/h3-4,6-7H,2,5H2,1H3. The van der Waals surface area contributed by atoms with Gasteiger partial charge in [-0.3, -0.25) is 0 Å². The smallest absolute Gasteiger partial charge is 0.00115 e. The Kier molecular flexibility index (Phi) is 2.94. The Morgan fingerprint density at radius 1 is 1.50 bits per heavy atom. The molecule has 54 valence electrons. The molecule has 0 unspecified atom stereocenters. The van der Waals surface area contributed by atoms with Gasteiger partial charge in [0.25, 0.3) is 0 Å². The molecule has 0 heterocycles. The highest BCUT2D eigenvalue weighted by atomic mass is 79.9. The van der Waals surface area contributed by atoms with Gasteiger partial charge in [-0.05, 0) is 22.9 Å². The minimum atomic E-state index is 1.03. The van der Waals surface area contributed by atoms with Gasteiger partial charge in [-0.15, -0.1) is 0 Å². The maximum atomic E-state index is 3.46. The third-order valence-corrected chi connectivity index (χ3v) is 2.12. The summed E-state index contributed by atoms with van der Waals surface area (Å²) in [5.41, 5.74) is 1.40. The zero-order valence-corrected chi connectivity index (χ0v) is 7.69. The van der Waals surface area contributed by atoms with Crippen molar-refractivity contribution in [2.45, 2.75) is 19.8 Å². The lowest BCUT2D eigenvalue weighted by atomic mass is 10.2. The predicted molar refractivity (Wildman–Crippen MR) is 49.1 cm³/mol. The fourth-order valence-electron chi connectivity index (χ4n) is 0.880. The SMILES string of the molecule is CCC1=CC=C(Br)CC=C1. The minimum absolute atomic E-state index is 1.03. The van der Waals surface area contributed by atoms with Crippen LogP contribution < -0.4 is 0 Å². The lowest BCUT2D eigenvalue weighted by Crippen LogP contribution is -1.69. The van der Waals surface area contributed by atoms with E-state index < -0.39 is 0 Å². The average molecular weight is 199 g/mol. The number of rotatable bonds is 1. The van der Waals surface area contributed by atoms with Crippen molar-refractivity contribution in [3.05, 3.63) is 34.4 Å². The molecule has 0 nitrogen and oxygen atoms in total. The zero-order chi connectivity index (χ0) is 7.40. The van der Waals surface area contributed by atoms with Crippen molar-refractivity contribution in [1.29, 1.82) is 0 Å². The van der Waals surface area contributed by atoms with E-state index in [4.69, 9.17) is 0 Å². The van der Waals surface area contributed by atoms with Crippen molar-refractivity contribution >= 4 is 15.9 Å². The van der Waals surface area contributed by atoms with Crippen molar-refractivity contribution in [2.75, 3.05) is 0 Å². The molecule has 0 aromatic rings. The number of hydrogen-bond acceptors (Lipinski definition) is 0. The van der Waals surface area contributed by atoms with Gasteiger partial charge in [0.15, 0.2) is 0 Å². The van der Waals surface area contributed by atoms with E-state index in [1.165, 1.54) is 10.1 Å². The van der Waals surface area contributed by atoms with Crippen LogP contribution in [0.25, 0.3) is 0 Å². The summed E-state index contributed by atoms with van der Waals surface area (Å²) in [5, 5.41) is 0. The highest BCUT2D eigenvalue weighted by molar-refractivity contribution is 9.11. The van der Waals surface area contributed by atoms with E-state index in [9.17, 15) is 0 Å². The van der Waals surface area contributed by atoms with Gasteiger partial charge in [0.05, 0.1) is 0 Å². The van der Waals surface area contributed by atoms with Crippen LogP contribution in [0.1, 0.15) is 19.8 Å². The Hall–Kier alpha value is -0.300. The molecule has 0 bridgehead atoms. The van der Waals surface area contributed by atoms with E-state index >= 15 is 0 Å². The van der Waals surface area contributed by atoms with Crippen molar-refractivity contribution in [1.82, 2.24) is 0 Å². The van der Waals surface area contributed by atoms with Gasteiger partial charge in [-0.25, -0.2) is 0 Å². The molecule has 10 heavy (non-hydrogen) atoms. The van der Waals surface area contributed by atoms with Crippen molar-refractivity contribution in [3.63, 3.8) is 0 Å². The van der Waals surface area contributed by atoms with E-state index in [1.807, 2.05) is 0 Å². The van der Waals surface area contributed by atoms with Gasteiger partial charge < -0.3 is 0 Å². The maximum absolute atomic E-state index is 3.46. The fourth-order valence-corrected chi connectivity index (χ4v) is 1.20. The summed E-state index contributed by atoms with van der Waals surface area (Å²) in [5.74, 6) is 0. The predicted octanol–water partition coefficient (Wildman–Crippen LogP) is 3.56. The van der Waals surface area contributed by atoms with Crippen LogP contribution in [0.3, 0.4) is 0 Å². The Morgan fingerprint density at radius 2 is 2.30 bits per heavy atom. The highest BCUT2D eigenvalue weighted by Gasteiger charge is 1.92. The Bertz CT molecular complexity index is 197. The average Bonchev–Trinajstić information content (AvgIpc) is 2.14. The second kappa shape index (κ2) is 3.77. The Morgan fingerprint density at radius 3 is 3.00 bits per heavy atom. The van der Waals surface area contributed by atoms with Crippen LogP contribution in [0, 0.1) is 0 Å². The summed E-state index contributed by atoms with van der Waals surface area (Å²) >= 11 is 3.46. The van der Waals surface area contributed by atoms with Crippen LogP contribution in [-0.4, -0.2) is 0 Å². The molecule has 0 aromatic carbocycles. The number of allylic oxidation sites excluding steroid dienone is 6. The zero-order valence-electron chi connectivity index (χ0n) is 6.10. The lowest BCUT2D eigenvalue weighted by Gasteiger charge is -1.89. The Balaban J connectivity index is 2.75. The van der Waals surface area contributed by atoms with Gasteiger partial charge in [0.1, 0.15) is 0 Å². The van der Waals surface area contributed by atoms with Gasteiger partial charge in [-0.1, -0.05) is 47.2 Å². The minimum Gasteiger partial charge on any atom is -0.0793 e. The topological polar surface area (TPSA) is 0 Å². The molecule has 0 N–H and O–H groups in total. The molecule has 1 heteroatoms. The summed E-state index contributed by atoms with van der Waals surface area (Å²) in [4.78, 5) is 0. The molecule has 1 rings (SSSR count). The summed E-state index contributed by atoms with van der Waals surface area (Å²) in [6.07, 6.45) is 10.8.